The molecule has 4 aliphatic rings. The van der Waals surface area contributed by atoms with Crippen molar-refractivity contribution in [1.82, 2.24) is 59.6 Å². The average molecular weight is 1290 g/mol. The number of carbonyl (C=O) groups excluding carboxylic acids is 2. The van der Waals surface area contributed by atoms with Crippen LogP contribution in [0.5, 0.6) is 0 Å². The quantitative estimate of drug-likeness (QED) is 0.0307. The van der Waals surface area contributed by atoms with Crippen LogP contribution >= 0.6 is 0 Å². The number of ether oxygens (including phenoxy) is 2. The van der Waals surface area contributed by atoms with E-state index in [9.17, 15) is 9.59 Å². The summed E-state index contributed by atoms with van der Waals surface area (Å²) in [6.07, 6.45) is 25.9. The number of anilines is 8. The van der Waals surface area contributed by atoms with Gasteiger partial charge in [0.05, 0.1) is 35.6 Å². The molecule has 0 saturated carbocycles. The highest BCUT2D eigenvalue weighted by atomic mass is 16.8. The number of benzene rings is 4. The highest BCUT2D eigenvalue weighted by molar-refractivity contribution is 5.93. The van der Waals surface area contributed by atoms with Gasteiger partial charge >= 0.3 is 0 Å². The number of hydroxylamine groups is 2. The second-order valence-corrected chi connectivity index (χ2v) is 22.7. The maximum absolute atomic E-state index is 12.4. The molecule has 27 heteroatoms. The van der Waals surface area contributed by atoms with Crippen LogP contribution in [0.3, 0.4) is 0 Å². The molecule has 6 N–H and O–H groups in total. The van der Waals surface area contributed by atoms with Crippen LogP contribution < -0.4 is 41.2 Å². The Kier molecular flexibility index (Phi) is 21.9. The molecule has 10 heterocycles. The first-order valence-corrected chi connectivity index (χ1v) is 31.2. The molecule has 0 spiro atoms. The Bertz CT molecular complexity index is 4250. The fraction of sp³-hybridized carbons (Fsp3) is 0.294. The van der Waals surface area contributed by atoms with Gasteiger partial charge < -0.3 is 53.6 Å². The summed E-state index contributed by atoms with van der Waals surface area (Å²) in [7, 11) is 8.87. The van der Waals surface area contributed by atoms with Gasteiger partial charge in [0.1, 0.15) is 0 Å². The summed E-state index contributed by atoms with van der Waals surface area (Å²) in [6.45, 7) is 6.82. The molecule has 1 atom stereocenters. The minimum absolute atomic E-state index is 0.184. The molecule has 0 aliphatic carbocycles. The molecule has 2 fully saturated rings. The van der Waals surface area contributed by atoms with Gasteiger partial charge in [0.15, 0.2) is 29.2 Å². The number of nitrogens with one attached hydrogen (secondary N) is 4. The third-order valence-corrected chi connectivity index (χ3v) is 16.1. The number of aliphatic hydroxyl groups is 1. The number of likely N-dealkylation sites (N-methyl/N-ethyl adjacent to an activating group) is 4. The number of hydrogen-bond acceptors (Lipinski definition) is 23. The summed E-state index contributed by atoms with van der Waals surface area (Å²) in [5, 5.41) is 22.6. The number of fused-ring (bicyclic) bond motifs is 4. The van der Waals surface area contributed by atoms with Gasteiger partial charge in [-0.1, -0.05) is 24.3 Å². The van der Waals surface area contributed by atoms with E-state index >= 15 is 0 Å². The van der Waals surface area contributed by atoms with E-state index in [1.54, 1.807) is 17.9 Å². The molecule has 95 heavy (non-hydrogen) atoms. The van der Waals surface area contributed by atoms with Crippen LogP contribution in [0.15, 0.2) is 157 Å². The van der Waals surface area contributed by atoms with Crippen LogP contribution in [0.2, 0.25) is 0 Å². The summed E-state index contributed by atoms with van der Waals surface area (Å²) in [5.74, 6) is 1.32. The van der Waals surface area contributed by atoms with Gasteiger partial charge in [-0.05, 0) is 109 Å². The molecule has 490 valence electrons. The van der Waals surface area contributed by atoms with Crippen molar-refractivity contribution in [2.75, 3.05) is 112 Å². The van der Waals surface area contributed by atoms with E-state index in [2.05, 4.69) is 114 Å². The molecule has 14 rings (SSSR count). The van der Waals surface area contributed by atoms with Gasteiger partial charge in [0.25, 0.3) is 11.8 Å². The average Bonchev–Trinajstić information content (AvgIpc) is 1.54. The summed E-state index contributed by atoms with van der Waals surface area (Å²) >= 11 is 0. The van der Waals surface area contributed by atoms with Crippen molar-refractivity contribution < 1.29 is 34.2 Å². The Balaban J connectivity index is 0.000000177. The van der Waals surface area contributed by atoms with E-state index in [-0.39, 0.29) is 5.56 Å². The first-order chi connectivity index (χ1) is 46.5. The third-order valence-electron chi connectivity index (χ3n) is 16.1. The van der Waals surface area contributed by atoms with E-state index in [0.29, 0.717) is 61.9 Å². The van der Waals surface area contributed by atoms with Crippen molar-refractivity contribution >= 4 is 81.8 Å². The van der Waals surface area contributed by atoms with E-state index < -0.39 is 18.1 Å². The zero-order chi connectivity index (χ0) is 66.0. The van der Waals surface area contributed by atoms with Gasteiger partial charge in [-0.2, -0.15) is 0 Å². The molecule has 1 unspecified atom stereocenters. The topological polar surface area (TPSA) is 300 Å². The van der Waals surface area contributed by atoms with Crippen LogP contribution in [0.4, 0.5) is 46.3 Å². The number of imidazole rings is 2. The zero-order valence-electron chi connectivity index (χ0n) is 53.6. The maximum Gasteiger partial charge on any atom is 0.278 e. The Labute approximate surface area is 549 Å². The highest BCUT2D eigenvalue weighted by Gasteiger charge is 2.20. The van der Waals surface area contributed by atoms with Crippen molar-refractivity contribution in [2.45, 2.75) is 51.5 Å². The molecule has 4 aliphatic heterocycles. The first-order valence-electron chi connectivity index (χ1n) is 31.2. The summed E-state index contributed by atoms with van der Waals surface area (Å²) in [4.78, 5) is 82.2. The molecule has 0 radical (unpaired) electrons. The van der Waals surface area contributed by atoms with Gasteiger partial charge in [0, 0.05) is 196 Å². The third kappa shape index (κ3) is 16.7. The minimum atomic E-state index is -0.649. The van der Waals surface area contributed by atoms with Crippen molar-refractivity contribution in [3.05, 3.63) is 180 Å². The molecule has 10 aromatic rings. The SMILES string of the molecule is C1CCOC1.CN(CCN(C)c1ncc(C(=O)NO)cn1)c1ccc(Nc2nc(-c3ccc4c(c3)CN=C4)cn3ccnc23)cc1.CN(CCN(C)c1ncc(C(=O)NOC2CCCCO2)cn1)c1ccc(Nc2nc(-c3ccc4c(c3)CN=C4)cn3ccnc23)cc1.CO. The molecule has 0 bridgehead atoms. The number of carbonyl (C=O) groups is 2. The molecule has 27 nitrogen and oxygen atoms in total. The molecular formula is C68H76N20O7. The predicted molar refractivity (Wildman–Crippen MR) is 366 cm³/mol. The zero-order valence-corrected chi connectivity index (χ0v) is 53.6. The van der Waals surface area contributed by atoms with Crippen molar-refractivity contribution in [3.63, 3.8) is 0 Å². The minimum Gasteiger partial charge on any atom is -0.400 e. The Morgan fingerprint density at radius 2 is 1.02 bits per heavy atom. The number of aliphatic imine (C=N–C) groups is 2. The molecular weight excluding hydrogens is 1210 g/mol. The lowest BCUT2D eigenvalue weighted by Crippen LogP contribution is -2.33. The van der Waals surface area contributed by atoms with E-state index in [4.69, 9.17) is 34.6 Å². The van der Waals surface area contributed by atoms with E-state index in [1.807, 2.05) is 120 Å². The van der Waals surface area contributed by atoms with Crippen LogP contribution in [-0.2, 0) is 27.4 Å². The lowest BCUT2D eigenvalue weighted by atomic mass is 10.0. The van der Waals surface area contributed by atoms with Crippen LogP contribution in [-0.4, -0.2) is 171 Å². The largest absolute Gasteiger partial charge is 0.400 e. The van der Waals surface area contributed by atoms with Gasteiger partial charge in [-0.25, -0.2) is 55.7 Å². The van der Waals surface area contributed by atoms with E-state index in [1.165, 1.54) is 48.8 Å². The highest BCUT2D eigenvalue weighted by Crippen LogP contribution is 2.31. The van der Waals surface area contributed by atoms with E-state index in [0.717, 1.165) is 120 Å². The Morgan fingerprint density at radius 1 is 0.568 bits per heavy atom. The fourth-order valence-corrected chi connectivity index (χ4v) is 10.6. The summed E-state index contributed by atoms with van der Waals surface area (Å²) in [6, 6.07) is 29.0. The number of amides is 2. The van der Waals surface area contributed by atoms with Crippen LogP contribution in [0.25, 0.3) is 33.8 Å². The number of aromatic nitrogens is 10. The molecule has 2 saturated heterocycles. The van der Waals surface area contributed by atoms with Gasteiger partial charge in [-0.15, -0.1) is 0 Å². The predicted octanol–water partition coefficient (Wildman–Crippen LogP) is 8.58. The lowest BCUT2D eigenvalue weighted by molar-refractivity contribution is -0.186. The van der Waals surface area contributed by atoms with Crippen LogP contribution in [0.1, 0.15) is 75.1 Å². The molecule has 2 amide bonds. The monoisotopic (exact) mass is 1280 g/mol. The molecule has 4 aromatic carbocycles. The number of nitrogens with zero attached hydrogens (tertiary/aromatic N) is 16. The second kappa shape index (κ2) is 31.7. The number of hydrogen-bond donors (Lipinski definition) is 6. The van der Waals surface area contributed by atoms with Gasteiger partial charge in [-0.3, -0.25) is 24.8 Å². The standard InChI is InChI=1S/C34H36N10O3.C29H28N10O2.C4H8O.CH4O/c1-42(14-15-43(2)34-37-20-26(21-38-34)33(45)41-47-30-5-3-4-16-46-30)28-10-8-27(9-11-28)39-31-32-36-12-13-44(32)22-29(40-31)23-6-7-24-18-35-19-25(24)17-23;1-37(11-12-38(2)29-32-16-22(17-33-29)28(40)36-41)24-7-5-23(6-8-24)34-26-27-31-9-10-39(27)18-25(35-26)19-3-4-20-14-30-15-21(20)13-19;1-2-4-5-3-1;1-2/h6-13,17-18,20-22,30H,3-5,14-16,19H2,1-2H3,(H,39,40)(H,41,45);3-10,13-14,16-18,41H,11-12,15H2,1-2H3,(H,34,35)(H,36,40);1-4H2;2H,1H3. The van der Waals surface area contributed by atoms with Crippen molar-refractivity contribution in [1.29, 1.82) is 0 Å². The molecule has 6 aromatic heterocycles. The fourth-order valence-electron chi connectivity index (χ4n) is 10.6. The van der Waals surface area contributed by atoms with Crippen molar-refractivity contribution in [2.24, 2.45) is 9.98 Å². The van der Waals surface area contributed by atoms with Crippen LogP contribution in [0, 0.1) is 0 Å². The number of aliphatic hydroxyl groups excluding tert-OH is 1. The smallest absolute Gasteiger partial charge is 0.278 e. The van der Waals surface area contributed by atoms with Crippen molar-refractivity contribution in [3.8, 4) is 22.5 Å². The number of rotatable bonds is 20. The normalized spacial score (nSPS) is 14.1. The maximum atomic E-state index is 12.4. The summed E-state index contributed by atoms with van der Waals surface area (Å²) in [5.41, 5.74) is 18.4. The summed E-state index contributed by atoms with van der Waals surface area (Å²) < 4.78 is 14.4. The second-order valence-electron chi connectivity index (χ2n) is 22.7. The van der Waals surface area contributed by atoms with Gasteiger partial charge in [0.2, 0.25) is 11.9 Å². The Morgan fingerprint density at radius 3 is 1.45 bits per heavy atom. The Hall–Kier alpha value is -10.8. The lowest BCUT2D eigenvalue weighted by Gasteiger charge is -2.24. The first kappa shape index (κ1) is 65.6.